The van der Waals surface area contributed by atoms with E-state index in [0.29, 0.717) is 0 Å². The molecule has 18 heavy (non-hydrogen) atoms. The highest BCUT2D eigenvalue weighted by Gasteiger charge is 2.02. The molecule has 3 heteroatoms. The van der Waals surface area contributed by atoms with E-state index in [1.807, 2.05) is 0 Å². The van der Waals surface area contributed by atoms with Gasteiger partial charge in [0.25, 0.3) is 0 Å². The SMILES string of the molecule is CCN(CCCNCCOC)Cc1ccccc1. The summed E-state index contributed by atoms with van der Waals surface area (Å²) in [4.78, 5) is 2.48. The average molecular weight is 250 g/mol. The van der Waals surface area contributed by atoms with Crippen LogP contribution in [0.15, 0.2) is 30.3 Å². The Bertz CT molecular complexity index is 290. The van der Waals surface area contributed by atoms with Crippen molar-refractivity contribution in [1.82, 2.24) is 10.2 Å². The fraction of sp³-hybridized carbons (Fsp3) is 0.600. The van der Waals surface area contributed by atoms with Crippen LogP contribution in [0.4, 0.5) is 0 Å². The summed E-state index contributed by atoms with van der Waals surface area (Å²) in [5.74, 6) is 0. The maximum atomic E-state index is 5.00. The van der Waals surface area contributed by atoms with Gasteiger partial charge in [0.2, 0.25) is 0 Å². The van der Waals surface area contributed by atoms with Crippen molar-refractivity contribution in [2.75, 3.05) is 39.9 Å². The maximum Gasteiger partial charge on any atom is 0.0587 e. The van der Waals surface area contributed by atoms with Crippen LogP contribution < -0.4 is 5.32 Å². The van der Waals surface area contributed by atoms with Gasteiger partial charge in [0, 0.05) is 20.2 Å². The van der Waals surface area contributed by atoms with E-state index < -0.39 is 0 Å². The van der Waals surface area contributed by atoms with Crippen LogP contribution in [0, 0.1) is 0 Å². The van der Waals surface area contributed by atoms with Crippen LogP contribution in [-0.2, 0) is 11.3 Å². The lowest BCUT2D eigenvalue weighted by atomic mass is 10.2. The second-order valence-electron chi connectivity index (χ2n) is 4.45. The number of benzene rings is 1. The molecule has 0 amide bonds. The van der Waals surface area contributed by atoms with Crippen molar-refractivity contribution in [2.24, 2.45) is 0 Å². The molecule has 1 aromatic carbocycles. The lowest BCUT2D eigenvalue weighted by Crippen LogP contribution is -2.28. The van der Waals surface area contributed by atoms with E-state index in [-0.39, 0.29) is 0 Å². The molecule has 3 nitrogen and oxygen atoms in total. The second-order valence-corrected chi connectivity index (χ2v) is 4.45. The fourth-order valence-electron chi connectivity index (χ4n) is 1.92. The van der Waals surface area contributed by atoms with E-state index in [4.69, 9.17) is 4.74 Å². The molecule has 0 aliphatic carbocycles. The van der Waals surface area contributed by atoms with Crippen molar-refractivity contribution in [2.45, 2.75) is 19.9 Å². The number of nitrogens with zero attached hydrogens (tertiary/aromatic N) is 1. The Hall–Kier alpha value is -0.900. The summed E-state index contributed by atoms with van der Waals surface area (Å²) < 4.78 is 5.00. The number of rotatable bonds is 10. The highest BCUT2D eigenvalue weighted by molar-refractivity contribution is 5.14. The first-order valence-electron chi connectivity index (χ1n) is 6.82. The number of nitrogens with one attached hydrogen (secondary N) is 1. The molecule has 0 fully saturated rings. The first-order valence-corrected chi connectivity index (χ1v) is 6.82. The van der Waals surface area contributed by atoms with Crippen LogP contribution in [0.1, 0.15) is 18.9 Å². The molecule has 0 aromatic heterocycles. The van der Waals surface area contributed by atoms with Gasteiger partial charge in [0.05, 0.1) is 6.61 Å². The molecule has 0 radical (unpaired) electrons. The van der Waals surface area contributed by atoms with Gasteiger partial charge in [-0.25, -0.2) is 0 Å². The van der Waals surface area contributed by atoms with Crippen molar-refractivity contribution < 1.29 is 4.74 Å². The molecule has 0 saturated heterocycles. The standard InChI is InChI=1S/C15H26N2O/c1-3-17(12-7-10-16-11-13-18-2)14-15-8-5-4-6-9-15/h4-6,8-9,16H,3,7,10-14H2,1-2H3. The third kappa shape index (κ3) is 6.74. The van der Waals surface area contributed by atoms with Crippen molar-refractivity contribution in [3.05, 3.63) is 35.9 Å². The van der Waals surface area contributed by atoms with Gasteiger partial charge in [0.15, 0.2) is 0 Å². The molecular weight excluding hydrogens is 224 g/mol. The molecule has 0 saturated carbocycles. The summed E-state index contributed by atoms with van der Waals surface area (Å²) in [5, 5.41) is 3.38. The maximum absolute atomic E-state index is 5.00. The van der Waals surface area contributed by atoms with E-state index >= 15 is 0 Å². The van der Waals surface area contributed by atoms with E-state index in [1.165, 1.54) is 12.0 Å². The topological polar surface area (TPSA) is 24.5 Å². The lowest BCUT2D eigenvalue weighted by Gasteiger charge is -2.20. The zero-order valence-corrected chi connectivity index (χ0v) is 11.7. The molecule has 1 aromatic rings. The second kappa shape index (κ2) is 10.1. The van der Waals surface area contributed by atoms with Gasteiger partial charge in [-0.3, -0.25) is 4.90 Å². The van der Waals surface area contributed by atoms with Gasteiger partial charge in [-0.2, -0.15) is 0 Å². The Kier molecular flexibility index (Phi) is 8.47. The molecule has 0 aliphatic heterocycles. The number of ether oxygens (including phenoxy) is 1. The summed E-state index contributed by atoms with van der Waals surface area (Å²) >= 11 is 0. The number of methoxy groups -OCH3 is 1. The molecule has 1 N–H and O–H groups in total. The molecular formula is C15H26N2O. The lowest BCUT2D eigenvalue weighted by molar-refractivity contribution is 0.198. The quantitative estimate of drug-likeness (QED) is 0.644. The number of hydrogen-bond donors (Lipinski definition) is 1. The summed E-state index contributed by atoms with van der Waals surface area (Å²) in [6, 6.07) is 10.7. The molecule has 102 valence electrons. The smallest absolute Gasteiger partial charge is 0.0587 e. The average Bonchev–Trinajstić information content (AvgIpc) is 2.42. The molecule has 0 spiro atoms. The Morgan fingerprint density at radius 2 is 1.94 bits per heavy atom. The van der Waals surface area contributed by atoms with Crippen molar-refractivity contribution >= 4 is 0 Å². The third-order valence-electron chi connectivity index (χ3n) is 3.01. The minimum Gasteiger partial charge on any atom is -0.383 e. The van der Waals surface area contributed by atoms with Crippen LogP contribution in [-0.4, -0.2) is 44.8 Å². The Morgan fingerprint density at radius 1 is 1.17 bits per heavy atom. The highest BCUT2D eigenvalue weighted by Crippen LogP contribution is 2.04. The van der Waals surface area contributed by atoms with Crippen molar-refractivity contribution in [3.8, 4) is 0 Å². The molecule has 0 heterocycles. The van der Waals surface area contributed by atoms with Crippen molar-refractivity contribution in [1.29, 1.82) is 0 Å². The third-order valence-corrected chi connectivity index (χ3v) is 3.01. The van der Waals surface area contributed by atoms with Gasteiger partial charge in [0.1, 0.15) is 0 Å². The van der Waals surface area contributed by atoms with Gasteiger partial charge in [-0.15, -0.1) is 0 Å². The highest BCUT2D eigenvalue weighted by atomic mass is 16.5. The predicted octanol–water partition coefficient (Wildman–Crippen LogP) is 2.13. The Balaban J connectivity index is 2.14. The summed E-state index contributed by atoms with van der Waals surface area (Å²) in [7, 11) is 1.74. The monoisotopic (exact) mass is 250 g/mol. The number of hydrogen-bond acceptors (Lipinski definition) is 3. The molecule has 0 unspecified atom stereocenters. The van der Waals surface area contributed by atoms with Crippen LogP contribution in [0.3, 0.4) is 0 Å². The molecule has 1 rings (SSSR count). The minimum atomic E-state index is 0.793. The minimum absolute atomic E-state index is 0.793. The normalized spacial score (nSPS) is 11.1. The summed E-state index contributed by atoms with van der Waals surface area (Å²) in [5.41, 5.74) is 1.40. The van der Waals surface area contributed by atoms with Gasteiger partial charge >= 0.3 is 0 Å². The van der Waals surface area contributed by atoms with Crippen LogP contribution >= 0.6 is 0 Å². The predicted molar refractivity (Wildman–Crippen MR) is 76.8 cm³/mol. The van der Waals surface area contributed by atoms with E-state index in [0.717, 1.165) is 39.3 Å². The fourth-order valence-corrected chi connectivity index (χ4v) is 1.92. The van der Waals surface area contributed by atoms with E-state index in [2.05, 4.69) is 47.5 Å². The van der Waals surface area contributed by atoms with Gasteiger partial charge in [-0.1, -0.05) is 37.3 Å². The van der Waals surface area contributed by atoms with E-state index in [9.17, 15) is 0 Å². The first kappa shape index (κ1) is 15.2. The molecule has 0 bridgehead atoms. The molecule has 0 atom stereocenters. The largest absolute Gasteiger partial charge is 0.383 e. The van der Waals surface area contributed by atoms with Crippen LogP contribution in [0.2, 0.25) is 0 Å². The zero-order valence-electron chi connectivity index (χ0n) is 11.7. The summed E-state index contributed by atoms with van der Waals surface area (Å²) in [6.07, 6.45) is 1.18. The van der Waals surface area contributed by atoms with Crippen LogP contribution in [0.5, 0.6) is 0 Å². The zero-order chi connectivity index (χ0) is 13.1. The van der Waals surface area contributed by atoms with E-state index in [1.54, 1.807) is 7.11 Å². The van der Waals surface area contributed by atoms with Crippen molar-refractivity contribution in [3.63, 3.8) is 0 Å². The Labute approximate surface area is 111 Å². The molecule has 0 aliphatic rings. The van der Waals surface area contributed by atoms with Crippen LogP contribution in [0.25, 0.3) is 0 Å². The van der Waals surface area contributed by atoms with Gasteiger partial charge < -0.3 is 10.1 Å². The first-order chi connectivity index (χ1) is 8.86. The summed E-state index contributed by atoms with van der Waals surface area (Å²) in [6.45, 7) is 8.33. The Morgan fingerprint density at radius 3 is 2.61 bits per heavy atom. The van der Waals surface area contributed by atoms with Gasteiger partial charge in [-0.05, 0) is 31.6 Å².